The second-order valence-corrected chi connectivity index (χ2v) is 7.01. The van der Waals surface area contributed by atoms with Gasteiger partial charge in [0.05, 0.1) is 36.9 Å². The van der Waals surface area contributed by atoms with Crippen molar-refractivity contribution in [2.75, 3.05) is 20.3 Å². The van der Waals surface area contributed by atoms with Crippen LogP contribution in [0.3, 0.4) is 0 Å². The Morgan fingerprint density at radius 1 is 1.10 bits per heavy atom. The molecule has 1 heterocycles. The zero-order valence-electron chi connectivity index (χ0n) is 16.7. The van der Waals surface area contributed by atoms with Gasteiger partial charge in [-0.1, -0.05) is 25.0 Å². The molecule has 3 rings (SSSR count). The van der Waals surface area contributed by atoms with Crippen LogP contribution in [0, 0.1) is 5.92 Å². The van der Waals surface area contributed by atoms with Crippen molar-refractivity contribution in [3.63, 3.8) is 0 Å². The largest absolute Gasteiger partial charge is 0.497 e. The Kier molecular flexibility index (Phi) is 6.74. The van der Waals surface area contributed by atoms with Gasteiger partial charge < -0.3 is 24.8 Å². The van der Waals surface area contributed by atoms with E-state index in [0.29, 0.717) is 11.3 Å². The van der Waals surface area contributed by atoms with Gasteiger partial charge >= 0.3 is 18.0 Å². The number of ether oxygens (including phenoxy) is 3. The molecule has 1 aliphatic carbocycles. The normalized spacial score (nSPS) is 19.4. The van der Waals surface area contributed by atoms with E-state index in [0.717, 1.165) is 25.7 Å². The topological polar surface area (TPSA) is 103 Å². The Labute approximate surface area is 169 Å². The van der Waals surface area contributed by atoms with Crippen LogP contribution >= 0.6 is 0 Å². The van der Waals surface area contributed by atoms with Crippen LogP contribution in [0.15, 0.2) is 35.5 Å². The number of hydrogen-bond donors (Lipinski definition) is 2. The maximum absolute atomic E-state index is 12.7. The van der Waals surface area contributed by atoms with E-state index >= 15 is 0 Å². The Balaban J connectivity index is 1.88. The first-order valence-electron chi connectivity index (χ1n) is 9.81. The lowest BCUT2D eigenvalue weighted by Gasteiger charge is -2.29. The van der Waals surface area contributed by atoms with Crippen LogP contribution in [0.4, 0.5) is 4.79 Å². The van der Waals surface area contributed by atoms with Crippen LogP contribution in [-0.4, -0.2) is 38.3 Å². The van der Waals surface area contributed by atoms with E-state index in [1.165, 1.54) is 0 Å². The Morgan fingerprint density at radius 2 is 1.79 bits per heavy atom. The van der Waals surface area contributed by atoms with E-state index in [4.69, 9.17) is 14.2 Å². The number of carbonyl (C=O) groups excluding carboxylic acids is 3. The van der Waals surface area contributed by atoms with E-state index in [1.54, 1.807) is 38.3 Å². The molecule has 2 N–H and O–H groups in total. The smallest absolute Gasteiger partial charge is 0.338 e. The second-order valence-electron chi connectivity index (χ2n) is 7.01. The first kappa shape index (κ1) is 20.7. The van der Waals surface area contributed by atoms with Gasteiger partial charge in [0.1, 0.15) is 12.4 Å². The molecule has 156 valence electrons. The molecule has 8 heteroatoms. The van der Waals surface area contributed by atoms with Crippen molar-refractivity contribution in [3.05, 3.63) is 41.1 Å². The summed E-state index contributed by atoms with van der Waals surface area (Å²) in [5.41, 5.74) is 1.14. The van der Waals surface area contributed by atoms with Crippen molar-refractivity contribution >= 4 is 18.0 Å². The third kappa shape index (κ3) is 4.88. The third-order valence-corrected chi connectivity index (χ3v) is 5.15. The SMILES string of the molecule is CCOC(=O)C1=C(COC(=O)C2CCCC2)NC(=O)N[C@@H]1c1ccc(OC)cc1. The summed E-state index contributed by atoms with van der Waals surface area (Å²) < 4.78 is 15.8. The zero-order valence-corrected chi connectivity index (χ0v) is 16.7. The predicted molar refractivity (Wildman–Crippen MR) is 104 cm³/mol. The van der Waals surface area contributed by atoms with Gasteiger partial charge in [0, 0.05) is 0 Å². The highest BCUT2D eigenvalue weighted by atomic mass is 16.5. The molecule has 1 fully saturated rings. The first-order chi connectivity index (χ1) is 14.0. The average Bonchev–Trinajstić information content (AvgIpc) is 3.26. The molecular formula is C21H26N2O6. The lowest BCUT2D eigenvalue weighted by atomic mass is 9.95. The molecule has 0 bridgehead atoms. The number of esters is 2. The average molecular weight is 402 g/mol. The van der Waals surface area contributed by atoms with Crippen LogP contribution in [0.25, 0.3) is 0 Å². The quantitative estimate of drug-likeness (QED) is 0.680. The number of nitrogens with one attached hydrogen (secondary N) is 2. The number of urea groups is 1. The van der Waals surface area contributed by atoms with Crippen LogP contribution in [0.5, 0.6) is 5.75 Å². The van der Waals surface area contributed by atoms with Crippen LogP contribution in [-0.2, 0) is 19.1 Å². The fourth-order valence-electron chi connectivity index (χ4n) is 3.65. The summed E-state index contributed by atoms with van der Waals surface area (Å²) >= 11 is 0. The van der Waals surface area contributed by atoms with Crippen LogP contribution in [0.2, 0.25) is 0 Å². The lowest BCUT2D eigenvalue weighted by molar-refractivity contribution is -0.147. The fourth-order valence-corrected chi connectivity index (χ4v) is 3.65. The zero-order chi connectivity index (χ0) is 20.8. The summed E-state index contributed by atoms with van der Waals surface area (Å²) in [7, 11) is 1.56. The maximum Gasteiger partial charge on any atom is 0.338 e. The summed E-state index contributed by atoms with van der Waals surface area (Å²) in [5.74, 6) is -0.336. The minimum absolute atomic E-state index is 0.114. The summed E-state index contributed by atoms with van der Waals surface area (Å²) in [5, 5.41) is 5.34. The van der Waals surface area contributed by atoms with Crippen molar-refractivity contribution in [1.29, 1.82) is 0 Å². The third-order valence-electron chi connectivity index (χ3n) is 5.15. The molecular weight excluding hydrogens is 376 g/mol. The lowest BCUT2D eigenvalue weighted by Crippen LogP contribution is -2.47. The highest BCUT2D eigenvalue weighted by Crippen LogP contribution is 2.30. The standard InChI is InChI=1S/C21H26N2O6/c1-3-28-20(25)17-16(12-29-19(24)14-6-4-5-7-14)22-21(26)23-18(17)13-8-10-15(27-2)11-9-13/h8-11,14,18H,3-7,12H2,1-2H3,(H2,22,23,26)/t18-/m1/s1. The van der Waals surface area contributed by atoms with E-state index in [1.807, 2.05) is 0 Å². The van der Waals surface area contributed by atoms with Gasteiger partial charge in [-0.25, -0.2) is 9.59 Å². The number of carbonyl (C=O) groups is 3. The van der Waals surface area contributed by atoms with Crippen molar-refractivity contribution < 1.29 is 28.6 Å². The Hall–Kier alpha value is -3.03. The van der Waals surface area contributed by atoms with Gasteiger partial charge in [0.15, 0.2) is 0 Å². The summed E-state index contributed by atoms with van der Waals surface area (Å²) in [6, 6.07) is 5.80. The summed E-state index contributed by atoms with van der Waals surface area (Å²) in [4.78, 5) is 37.2. The molecule has 0 aromatic heterocycles. The molecule has 1 saturated carbocycles. The molecule has 1 aromatic rings. The molecule has 0 saturated heterocycles. The molecule has 0 radical (unpaired) electrons. The fraction of sp³-hybridized carbons (Fsp3) is 0.476. The first-order valence-corrected chi connectivity index (χ1v) is 9.81. The summed E-state index contributed by atoms with van der Waals surface area (Å²) in [6.45, 7) is 1.69. The molecule has 1 aromatic carbocycles. The highest BCUT2D eigenvalue weighted by Gasteiger charge is 2.34. The van der Waals surface area contributed by atoms with Gasteiger partial charge in [-0.2, -0.15) is 0 Å². The highest BCUT2D eigenvalue weighted by molar-refractivity contribution is 5.95. The number of amides is 2. The maximum atomic E-state index is 12.7. The molecule has 1 atom stereocenters. The number of benzene rings is 1. The Morgan fingerprint density at radius 3 is 2.41 bits per heavy atom. The molecule has 0 unspecified atom stereocenters. The number of methoxy groups -OCH3 is 1. The van der Waals surface area contributed by atoms with Crippen molar-refractivity contribution in [1.82, 2.24) is 10.6 Å². The monoisotopic (exact) mass is 402 g/mol. The number of rotatable bonds is 7. The molecule has 29 heavy (non-hydrogen) atoms. The molecule has 8 nitrogen and oxygen atoms in total. The molecule has 1 aliphatic heterocycles. The molecule has 2 aliphatic rings. The van der Waals surface area contributed by atoms with Crippen LogP contribution in [0.1, 0.15) is 44.2 Å². The van der Waals surface area contributed by atoms with Crippen LogP contribution < -0.4 is 15.4 Å². The van der Waals surface area contributed by atoms with E-state index in [2.05, 4.69) is 10.6 Å². The minimum Gasteiger partial charge on any atom is -0.497 e. The molecule has 2 amide bonds. The van der Waals surface area contributed by atoms with E-state index in [-0.39, 0.29) is 36.4 Å². The van der Waals surface area contributed by atoms with E-state index < -0.39 is 18.0 Å². The van der Waals surface area contributed by atoms with Gasteiger partial charge in [0.2, 0.25) is 0 Å². The summed E-state index contributed by atoms with van der Waals surface area (Å²) in [6.07, 6.45) is 3.64. The second kappa shape index (κ2) is 9.45. The van der Waals surface area contributed by atoms with Gasteiger partial charge in [0.25, 0.3) is 0 Å². The van der Waals surface area contributed by atoms with Gasteiger partial charge in [-0.3, -0.25) is 4.79 Å². The van der Waals surface area contributed by atoms with E-state index in [9.17, 15) is 14.4 Å². The predicted octanol–water partition coefficient (Wildman–Crippen LogP) is 2.60. The van der Waals surface area contributed by atoms with Gasteiger partial charge in [-0.15, -0.1) is 0 Å². The number of hydrogen-bond acceptors (Lipinski definition) is 6. The van der Waals surface area contributed by atoms with Crippen molar-refractivity contribution in [2.45, 2.75) is 38.6 Å². The van der Waals surface area contributed by atoms with Crippen molar-refractivity contribution in [3.8, 4) is 5.75 Å². The Bertz CT molecular complexity index is 796. The van der Waals surface area contributed by atoms with Gasteiger partial charge in [-0.05, 0) is 37.5 Å². The molecule has 0 spiro atoms. The van der Waals surface area contributed by atoms with Crippen molar-refractivity contribution in [2.24, 2.45) is 5.92 Å². The minimum atomic E-state index is -0.728.